The van der Waals surface area contributed by atoms with Crippen LogP contribution in [0.15, 0.2) is 18.2 Å². The lowest BCUT2D eigenvalue weighted by molar-refractivity contribution is -0.193. The number of amides is 1. The van der Waals surface area contributed by atoms with E-state index >= 15 is 0 Å². The Morgan fingerprint density at radius 2 is 2.00 bits per heavy atom. The molecule has 1 aromatic carbocycles. The Bertz CT molecular complexity index is 721. The predicted molar refractivity (Wildman–Crippen MR) is 80.5 cm³/mol. The first-order valence-electron chi connectivity index (χ1n) is 8.34. The molecule has 0 N–H and O–H groups in total. The summed E-state index contributed by atoms with van der Waals surface area (Å²) in [4.78, 5) is 26.3. The minimum atomic E-state index is -4.32. The van der Waals surface area contributed by atoms with E-state index in [0.29, 0.717) is 31.4 Å². The fraction of sp³-hybridized carbons (Fsp3) is 0.556. The molecule has 24 heavy (non-hydrogen) atoms. The number of nitrogens with zero attached hydrogens (tertiary/aromatic N) is 1. The van der Waals surface area contributed by atoms with Crippen molar-refractivity contribution >= 4 is 11.7 Å². The third-order valence-electron chi connectivity index (χ3n) is 5.74. The third kappa shape index (κ3) is 2.26. The zero-order chi connectivity index (χ0) is 17.1. The van der Waals surface area contributed by atoms with E-state index in [2.05, 4.69) is 0 Å². The summed E-state index contributed by atoms with van der Waals surface area (Å²) >= 11 is 0. The van der Waals surface area contributed by atoms with E-state index in [0.717, 1.165) is 11.1 Å². The van der Waals surface area contributed by atoms with Crippen LogP contribution in [0.1, 0.15) is 59.6 Å². The van der Waals surface area contributed by atoms with Crippen molar-refractivity contribution in [3.63, 3.8) is 0 Å². The zero-order valence-electron chi connectivity index (χ0n) is 13.2. The van der Waals surface area contributed by atoms with Gasteiger partial charge in [0.15, 0.2) is 5.78 Å². The van der Waals surface area contributed by atoms with Crippen molar-refractivity contribution < 1.29 is 22.8 Å². The summed E-state index contributed by atoms with van der Waals surface area (Å²) in [5.41, 5.74) is 0.740. The summed E-state index contributed by atoms with van der Waals surface area (Å²) in [6.07, 6.45) is -3.24. The van der Waals surface area contributed by atoms with Gasteiger partial charge < -0.3 is 4.90 Å². The van der Waals surface area contributed by atoms with E-state index in [1.54, 1.807) is 11.0 Å². The second-order valence-corrected chi connectivity index (χ2v) is 7.15. The summed E-state index contributed by atoms with van der Waals surface area (Å²) in [5, 5.41) is 0. The lowest BCUT2D eigenvalue weighted by Crippen LogP contribution is -2.44. The van der Waals surface area contributed by atoms with Crippen molar-refractivity contribution in [1.29, 1.82) is 0 Å². The summed E-state index contributed by atoms with van der Waals surface area (Å²) in [5.74, 6) is -0.365. The molecule has 1 unspecified atom stereocenters. The lowest BCUT2D eigenvalue weighted by atomic mass is 9.79. The van der Waals surface area contributed by atoms with Crippen LogP contribution >= 0.6 is 0 Å². The molecule has 1 saturated carbocycles. The van der Waals surface area contributed by atoms with E-state index in [9.17, 15) is 22.8 Å². The van der Waals surface area contributed by atoms with Gasteiger partial charge in [0.25, 0.3) is 0 Å². The van der Waals surface area contributed by atoms with E-state index in [4.69, 9.17) is 0 Å². The number of benzene rings is 1. The Hall–Kier alpha value is -1.85. The van der Waals surface area contributed by atoms with Gasteiger partial charge in [0, 0.05) is 24.9 Å². The van der Waals surface area contributed by atoms with Crippen molar-refractivity contribution in [2.45, 2.75) is 50.7 Å². The molecule has 6 heteroatoms. The van der Waals surface area contributed by atoms with Crippen molar-refractivity contribution in [1.82, 2.24) is 4.90 Å². The van der Waals surface area contributed by atoms with Gasteiger partial charge in [0.1, 0.15) is 0 Å². The number of alkyl halides is 3. The monoisotopic (exact) mass is 337 g/mol. The van der Waals surface area contributed by atoms with Gasteiger partial charge in [0.2, 0.25) is 5.91 Å². The summed E-state index contributed by atoms with van der Waals surface area (Å²) in [7, 11) is 0. The first kappa shape index (κ1) is 15.7. The Kier molecular flexibility index (Phi) is 3.31. The number of hydrogen-bond acceptors (Lipinski definition) is 2. The van der Waals surface area contributed by atoms with Gasteiger partial charge in [0.05, 0.1) is 11.5 Å². The molecule has 0 spiro atoms. The van der Waals surface area contributed by atoms with Crippen LogP contribution in [0, 0.1) is 5.41 Å². The van der Waals surface area contributed by atoms with Crippen LogP contribution in [0.25, 0.3) is 0 Å². The molecule has 3 aliphatic rings. The number of carbonyl (C=O) groups excluding carboxylic acids is 2. The van der Waals surface area contributed by atoms with Gasteiger partial charge >= 0.3 is 6.18 Å². The molecule has 4 rings (SSSR count). The van der Waals surface area contributed by atoms with Crippen LogP contribution in [0.3, 0.4) is 0 Å². The van der Waals surface area contributed by atoms with Gasteiger partial charge in [-0.25, -0.2) is 0 Å². The van der Waals surface area contributed by atoms with Gasteiger partial charge in [-0.15, -0.1) is 0 Å². The SMILES string of the molecule is O=C1CCC2c3c(cccc31)CCN2C(=O)CC1(C(F)(F)F)CC1. The van der Waals surface area contributed by atoms with E-state index in [1.165, 1.54) is 0 Å². The maximum absolute atomic E-state index is 13.2. The molecule has 3 nitrogen and oxygen atoms in total. The highest BCUT2D eigenvalue weighted by Crippen LogP contribution is 2.60. The molecule has 1 atom stereocenters. The fourth-order valence-electron chi connectivity index (χ4n) is 4.12. The molecule has 128 valence electrons. The molecule has 0 bridgehead atoms. The van der Waals surface area contributed by atoms with Gasteiger partial charge in [-0.1, -0.05) is 18.2 Å². The highest BCUT2D eigenvalue weighted by Gasteiger charge is 2.64. The number of rotatable bonds is 2. The second kappa shape index (κ2) is 5.07. The zero-order valence-corrected chi connectivity index (χ0v) is 13.2. The Labute approximate surface area is 137 Å². The van der Waals surface area contributed by atoms with E-state index < -0.39 is 23.9 Å². The molecule has 1 fully saturated rings. The second-order valence-electron chi connectivity index (χ2n) is 7.15. The molecule has 1 aliphatic heterocycles. The van der Waals surface area contributed by atoms with Crippen molar-refractivity contribution in [3.05, 3.63) is 34.9 Å². The van der Waals surface area contributed by atoms with Crippen molar-refractivity contribution in [3.8, 4) is 0 Å². The molecule has 1 heterocycles. The number of hydrogen-bond donors (Lipinski definition) is 0. The van der Waals surface area contributed by atoms with Crippen molar-refractivity contribution in [2.24, 2.45) is 5.41 Å². The van der Waals surface area contributed by atoms with Crippen LogP contribution in [-0.2, 0) is 11.2 Å². The average molecular weight is 337 g/mol. The summed E-state index contributed by atoms with van der Waals surface area (Å²) < 4.78 is 39.5. The van der Waals surface area contributed by atoms with Crippen LogP contribution in [0.5, 0.6) is 0 Å². The lowest BCUT2D eigenvalue weighted by Gasteiger charge is -2.41. The van der Waals surface area contributed by atoms with Crippen LogP contribution in [-0.4, -0.2) is 29.3 Å². The molecule has 2 aliphatic carbocycles. The smallest absolute Gasteiger partial charge is 0.335 e. The normalized spacial score (nSPS) is 24.5. The summed E-state index contributed by atoms with van der Waals surface area (Å²) in [6, 6.07) is 5.30. The number of ketones is 1. The Morgan fingerprint density at radius 1 is 1.25 bits per heavy atom. The number of halogens is 3. The van der Waals surface area contributed by atoms with Gasteiger partial charge in [-0.05, 0) is 36.8 Å². The van der Waals surface area contributed by atoms with Crippen LogP contribution in [0.4, 0.5) is 13.2 Å². The molecule has 0 radical (unpaired) electrons. The molecule has 0 saturated heterocycles. The topological polar surface area (TPSA) is 37.4 Å². The quantitative estimate of drug-likeness (QED) is 0.823. The van der Waals surface area contributed by atoms with Gasteiger partial charge in [-0.2, -0.15) is 13.2 Å². The standard InChI is InChI=1S/C18H18F3NO2/c19-18(20,21)17(7-8-17)10-15(24)22-9-6-11-2-1-3-12-14(23)5-4-13(22)16(11)12/h1-3,13H,4-10H2. The molecular formula is C18H18F3NO2. The first-order valence-corrected chi connectivity index (χ1v) is 8.34. The largest absolute Gasteiger partial charge is 0.395 e. The third-order valence-corrected chi connectivity index (χ3v) is 5.74. The van der Waals surface area contributed by atoms with Crippen molar-refractivity contribution in [2.75, 3.05) is 6.54 Å². The van der Waals surface area contributed by atoms with Gasteiger partial charge in [-0.3, -0.25) is 9.59 Å². The minimum absolute atomic E-state index is 0.0427. The highest BCUT2D eigenvalue weighted by atomic mass is 19.4. The number of Topliss-reactive ketones (excluding diaryl/α,β-unsaturated/α-hetero) is 1. The first-order chi connectivity index (χ1) is 11.3. The molecular weight excluding hydrogens is 319 g/mol. The van der Waals surface area contributed by atoms with E-state index in [-0.39, 0.29) is 24.7 Å². The van der Waals surface area contributed by atoms with Crippen LogP contribution in [0.2, 0.25) is 0 Å². The molecule has 1 amide bonds. The molecule has 0 aromatic heterocycles. The maximum atomic E-state index is 13.2. The molecule has 1 aromatic rings. The highest BCUT2D eigenvalue weighted by molar-refractivity contribution is 5.99. The summed E-state index contributed by atoms with van der Waals surface area (Å²) in [6.45, 7) is 0.433. The minimum Gasteiger partial charge on any atom is -0.335 e. The predicted octanol–water partition coefficient (Wildman–Crippen LogP) is 3.82. The maximum Gasteiger partial charge on any atom is 0.395 e. The van der Waals surface area contributed by atoms with E-state index in [1.807, 2.05) is 12.1 Å². The Balaban J connectivity index is 1.62. The van der Waals surface area contributed by atoms with Crippen LogP contribution < -0.4 is 0 Å². The Morgan fingerprint density at radius 3 is 2.67 bits per heavy atom. The fourth-order valence-corrected chi connectivity index (χ4v) is 4.12. The average Bonchev–Trinajstić information content (AvgIpc) is 3.31. The number of carbonyl (C=O) groups is 2.